The van der Waals surface area contributed by atoms with Crippen molar-refractivity contribution < 1.29 is 18.6 Å². The molecule has 8 nitrogen and oxygen atoms in total. The van der Waals surface area contributed by atoms with Crippen LogP contribution < -0.4 is 14.8 Å². The van der Waals surface area contributed by atoms with Gasteiger partial charge in [0, 0.05) is 30.5 Å². The second-order valence-corrected chi connectivity index (χ2v) is 6.53. The minimum Gasteiger partial charge on any atom is -0.493 e. The Morgan fingerprint density at radius 2 is 2.30 bits per heavy atom. The number of halogens is 1. The maximum absolute atomic E-state index is 14.3. The lowest BCUT2D eigenvalue weighted by molar-refractivity contribution is 0.141. The highest BCUT2D eigenvalue weighted by Crippen LogP contribution is 2.31. The fourth-order valence-corrected chi connectivity index (χ4v) is 3.47. The first kappa shape index (κ1) is 16.2. The summed E-state index contributed by atoms with van der Waals surface area (Å²) < 4.78 is 32.8. The largest absolute Gasteiger partial charge is 0.493 e. The summed E-state index contributed by atoms with van der Waals surface area (Å²) in [6.45, 7) is 2.12. The Morgan fingerprint density at radius 1 is 1.33 bits per heavy atom. The van der Waals surface area contributed by atoms with Gasteiger partial charge in [-0.3, -0.25) is 0 Å². The van der Waals surface area contributed by atoms with Gasteiger partial charge >= 0.3 is 0 Å². The molecule has 2 aliphatic heterocycles. The van der Waals surface area contributed by atoms with Crippen LogP contribution in [0, 0.1) is 5.82 Å². The molecule has 3 aromatic rings. The summed E-state index contributed by atoms with van der Waals surface area (Å²) in [6.07, 6.45) is 4.69. The molecule has 9 heteroatoms. The van der Waals surface area contributed by atoms with Crippen LogP contribution in [0.15, 0.2) is 24.7 Å². The molecule has 1 unspecified atom stereocenters. The van der Waals surface area contributed by atoms with Gasteiger partial charge in [0.2, 0.25) is 11.6 Å². The molecule has 1 N–H and O–H groups in total. The first-order valence-electron chi connectivity index (χ1n) is 8.89. The Bertz CT molecular complexity index is 987. The molecule has 0 bridgehead atoms. The van der Waals surface area contributed by atoms with Gasteiger partial charge < -0.3 is 19.5 Å². The molecular weight excluding hydrogens is 353 g/mol. The minimum atomic E-state index is -0.257. The van der Waals surface area contributed by atoms with Gasteiger partial charge in [0.1, 0.15) is 24.0 Å². The molecule has 0 saturated carbocycles. The second-order valence-electron chi connectivity index (χ2n) is 6.53. The SMILES string of the molecule is Fc1ccc2c(c1CNc1ncc(OC3CCOC3)c3nncn13)CCO2. The number of nitrogens with zero attached hydrogens (tertiary/aromatic N) is 4. The summed E-state index contributed by atoms with van der Waals surface area (Å²) >= 11 is 0. The molecule has 1 aromatic carbocycles. The number of hydrogen-bond donors (Lipinski definition) is 1. The highest BCUT2D eigenvalue weighted by molar-refractivity contribution is 5.56. The van der Waals surface area contributed by atoms with E-state index in [1.807, 2.05) is 0 Å². The molecule has 1 saturated heterocycles. The van der Waals surface area contributed by atoms with Crippen molar-refractivity contribution in [2.45, 2.75) is 25.5 Å². The number of fused-ring (bicyclic) bond motifs is 2. The second kappa shape index (κ2) is 6.66. The standard InChI is InChI=1S/C18H18FN5O3/c19-14-1-2-15-12(4-6-26-15)13(14)7-20-18-21-8-16(17-23-22-10-24(17)18)27-11-3-5-25-9-11/h1-2,8,10-11H,3-7,9H2,(H,20,21). The minimum absolute atomic E-state index is 0.00730. The Morgan fingerprint density at radius 3 is 3.19 bits per heavy atom. The van der Waals surface area contributed by atoms with Crippen molar-refractivity contribution >= 4 is 11.6 Å². The first-order valence-corrected chi connectivity index (χ1v) is 8.89. The molecule has 0 radical (unpaired) electrons. The van der Waals surface area contributed by atoms with Crippen molar-refractivity contribution in [2.75, 3.05) is 25.1 Å². The lowest BCUT2D eigenvalue weighted by Gasteiger charge is -2.14. The smallest absolute Gasteiger partial charge is 0.210 e. The van der Waals surface area contributed by atoms with E-state index in [0.717, 1.165) is 17.7 Å². The Kier molecular flexibility index (Phi) is 4.01. The number of ether oxygens (including phenoxy) is 3. The van der Waals surface area contributed by atoms with Crippen LogP contribution in [0.4, 0.5) is 10.3 Å². The van der Waals surface area contributed by atoms with E-state index in [-0.39, 0.29) is 18.5 Å². The van der Waals surface area contributed by atoms with Crippen LogP contribution in [-0.2, 0) is 17.7 Å². The molecule has 1 fully saturated rings. The van der Waals surface area contributed by atoms with E-state index in [1.165, 1.54) is 6.07 Å². The van der Waals surface area contributed by atoms with Crippen molar-refractivity contribution in [2.24, 2.45) is 0 Å². The highest BCUT2D eigenvalue weighted by atomic mass is 19.1. The average Bonchev–Trinajstić information content (AvgIpc) is 3.43. The summed E-state index contributed by atoms with van der Waals surface area (Å²) in [5, 5.41) is 11.3. The third-order valence-electron chi connectivity index (χ3n) is 4.85. The van der Waals surface area contributed by atoms with E-state index in [1.54, 1.807) is 23.0 Å². The summed E-state index contributed by atoms with van der Waals surface area (Å²) in [5.74, 6) is 1.56. The van der Waals surface area contributed by atoms with Gasteiger partial charge in [-0.25, -0.2) is 13.8 Å². The van der Waals surface area contributed by atoms with Gasteiger partial charge in [0.25, 0.3) is 0 Å². The molecule has 140 valence electrons. The number of aromatic nitrogens is 4. The van der Waals surface area contributed by atoms with E-state index in [2.05, 4.69) is 20.5 Å². The molecule has 0 amide bonds. The van der Waals surface area contributed by atoms with E-state index >= 15 is 0 Å². The maximum Gasteiger partial charge on any atom is 0.210 e. The highest BCUT2D eigenvalue weighted by Gasteiger charge is 2.22. The Hall–Kier alpha value is -2.94. The van der Waals surface area contributed by atoms with Crippen LogP contribution in [0.5, 0.6) is 11.5 Å². The zero-order valence-corrected chi connectivity index (χ0v) is 14.5. The zero-order valence-electron chi connectivity index (χ0n) is 14.5. The number of nitrogens with one attached hydrogen (secondary N) is 1. The monoisotopic (exact) mass is 371 g/mol. The zero-order chi connectivity index (χ0) is 18.2. The lowest BCUT2D eigenvalue weighted by atomic mass is 10.0. The van der Waals surface area contributed by atoms with Gasteiger partial charge in [-0.05, 0) is 12.1 Å². The van der Waals surface area contributed by atoms with Gasteiger partial charge in [0.05, 0.1) is 26.0 Å². The van der Waals surface area contributed by atoms with Gasteiger partial charge in [-0.2, -0.15) is 0 Å². The number of rotatable bonds is 5. The Balaban J connectivity index is 1.40. The number of benzene rings is 1. The van der Waals surface area contributed by atoms with Crippen LogP contribution in [0.25, 0.3) is 5.65 Å². The third kappa shape index (κ3) is 2.93. The summed E-state index contributed by atoms with van der Waals surface area (Å²) in [7, 11) is 0. The molecule has 2 aliphatic rings. The molecule has 2 aromatic heterocycles. The van der Waals surface area contributed by atoms with E-state index < -0.39 is 0 Å². The van der Waals surface area contributed by atoms with Gasteiger partial charge in [-0.1, -0.05) is 0 Å². The van der Waals surface area contributed by atoms with E-state index in [4.69, 9.17) is 14.2 Å². The molecule has 0 aliphatic carbocycles. The predicted octanol–water partition coefficient (Wildman–Crippen LogP) is 1.98. The van der Waals surface area contributed by atoms with Gasteiger partial charge in [-0.15, -0.1) is 10.2 Å². The van der Waals surface area contributed by atoms with E-state index in [9.17, 15) is 4.39 Å². The maximum atomic E-state index is 14.3. The first-order chi connectivity index (χ1) is 13.3. The van der Waals surface area contributed by atoms with Crippen LogP contribution in [0.1, 0.15) is 17.5 Å². The van der Waals surface area contributed by atoms with Crippen LogP contribution >= 0.6 is 0 Å². The van der Waals surface area contributed by atoms with Crippen LogP contribution in [0.3, 0.4) is 0 Å². The topological polar surface area (TPSA) is 82.8 Å². The van der Waals surface area contributed by atoms with E-state index in [0.29, 0.717) is 49.1 Å². The molecule has 0 spiro atoms. The van der Waals surface area contributed by atoms with Crippen molar-refractivity contribution in [1.29, 1.82) is 0 Å². The average molecular weight is 371 g/mol. The fraction of sp³-hybridized carbons (Fsp3) is 0.389. The normalized spacial score (nSPS) is 18.5. The third-order valence-corrected chi connectivity index (χ3v) is 4.85. The van der Waals surface area contributed by atoms with Crippen LogP contribution in [-0.4, -0.2) is 45.5 Å². The van der Waals surface area contributed by atoms with Crippen LogP contribution in [0.2, 0.25) is 0 Å². The molecule has 27 heavy (non-hydrogen) atoms. The summed E-state index contributed by atoms with van der Waals surface area (Å²) in [6, 6.07) is 3.11. The van der Waals surface area contributed by atoms with Crippen molar-refractivity contribution in [3.05, 3.63) is 41.6 Å². The Labute approximate surface area is 154 Å². The fourth-order valence-electron chi connectivity index (χ4n) is 3.47. The summed E-state index contributed by atoms with van der Waals surface area (Å²) in [4.78, 5) is 4.41. The van der Waals surface area contributed by atoms with Crippen molar-refractivity contribution in [3.8, 4) is 11.5 Å². The van der Waals surface area contributed by atoms with Crippen molar-refractivity contribution in [3.63, 3.8) is 0 Å². The predicted molar refractivity (Wildman–Crippen MR) is 93.6 cm³/mol. The number of hydrogen-bond acceptors (Lipinski definition) is 7. The lowest BCUT2D eigenvalue weighted by Crippen LogP contribution is -2.17. The molecular formula is C18H18FN5O3. The van der Waals surface area contributed by atoms with Crippen molar-refractivity contribution in [1.82, 2.24) is 19.6 Å². The molecule has 4 heterocycles. The number of anilines is 1. The molecule has 5 rings (SSSR count). The molecule has 1 atom stereocenters. The van der Waals surface area contributed by atoms with Gasteiger partial charge in [0.15, 0.2) is 5.75 Å². The summed E-state index contributed by atoms with van der Waals surface area (Å²) in [5.41, 5.74) is 2.06. The quantitative estimate of drug-likeness (QED) is 0.734.